The van der Waals surface area contributed by atoms with Crippen molar-refractivity contribution in [2.45, 2.75) is 13.3 Å². The van der Waals surface area contributed by atoms with Crippen molar-refractivity contribution in [1.82, 2.24) is 25.1 Å². The molecule has 164 valence electrons. The number of allylic oxidation sites excluding steroid dienone is 3. The lowest BCUT2D eigenvalue weighted by atomic mass is 9.88. The Labute approximate surface area is 190 Å². The minimum atomic E-state index is -0.311. The van der Waals surface area contributed by atoms with E-state index in [9.17, 15) is 4.39 Å². The summed E-state index contributed by atoms with van der Waals surface area (Å²) in [5.41, 5.74) is 5.32. The lowest BCUT2D eigenvalue weighted by Crippen LogP contribution is -2.29. The van der Waals surface area contributed by atoms with Crippen LogP contribution >= 0.6 is 0 Å². The van der Waals surface area contributed by atoms with Crippen molar-refractivity contribution in [2.24, 2.45) is 10.9 Å². The van der Waals surface area contributed by atoms with E-state index in [2.05, 4.69) is 43.9 Å². The third-order valence-electron chi connectivity index (χ3n) is 5.99. The molecule has 1 aliphatic rings. The van der Waals surface area contributed by atoms with E-state index in [0.29, 0.717) is 28.2 Å². The molecule has 3 heterocycles. The van der Waals surface area contributed by atoms with Gasteiger partial charge in [0.25, 0.3) is 0 Å². The van der Waals surface area contributed by atoms with Crippen molar-refractivity contribution in [2.75, 3.05) is 7.05 Å². The summed E-state index contributed by atoms with van der Waals surface area (Å²) in [4.78, 5) is 16.4. The monoisotopic (exact) mass is 438 g/mol. The van der Waals surface area contributed by atoms with E-state index in [-0.39, 0.29) is 11.7 Å². The standard InChI is InChI=1S/C26H23FN6/c1-15(10-11-28-3)16(2)17-8-9-22-19(12-17)25(33-32-22)26-30-23-14-29-13-20(24(23)31-26)18-6-4-5-7-21(18)27/h4-7,9-14,17,32H,2,8H2,1,3H3,(H,30,31)/b15-10-,28-11?. The molecule has 0 spiro atoms. The van der Waals surface area contributed by atoms with E-state index < -0.39 is 0 Å². The maximum atomic E-state index is 14.5. The minimum Gasteiger partial charge on any atom is -0.335 e. The molecule has 1 aromatic carbocycles. The molecule has 0 saturated heterocycles. The Balaban J connectivity index is 1.60. The molecule has 0 bridgehead atoms. The topological polar surface area (TPSA) is 82.6 Å². The molecule has 0 saturated carbocycles. The zero-order chi connectivity index (χ0) is 22.9. The Morgan fingerprint density at radius 3 is 2.91 bits per heavy atom. The number of rotatable bonds is 5. The van der Waals surface area contributed by atoms with Crippen LogP contribution in [0.15, 0.2) is 65.5 Å². The van der Waals surface area contributed by atoms with Crippen LogP contribution in [0.2, 0.25) is 0 Å². The predicted molar refractivity (Wildman–Crippen MR) is 130 cm³/mol. The van der Waals surface area contributed by atoms with Crippen molar-refractivity contribution < 1.29 is 4.39 Å². The average Bonchev–Trinajstić information content (AvgIpc) is 3.45. The van der Waals surface area contributed by atoms with Gasteiger partial charge in [-0.1, -0.05) is 36.9 Å². The molecule has 1 atom stereocenters. The lowest BCUT2D eigenvalue weighted by molar-refractivity contribution is 0.631. The highest BCUT2D eigenvalue weighted by molar-refractivity contribution is 5.92. The van der Waals surface area contributed by atoms with E-state index in [1.807, 2.05) is 13.0 Å². The van der Waals surface area contributed by atoms with E-state index >= 15 is 0 Å². The summed E-state index contributed by atoms with van der Waals surface area (Å²) < 4.78 is 14.5. The predicted octanol–water partition coefficient (Wildman–Crippen LogP) is 3.94. The highest BCUT2D eigenvalue weighted by Crippen LogP contribution is 2.30. The molecule has 33 heavy (non-hydrogen) atoms. The molecule has 0 aliphatic heterocycles. The Morgan fingerprint density at radius 1 is 1.24 bits per heavy atom. The summed E-state index contributed by atoms with van der Waals surface area (Å²) in [5, 5.41) is 9.57. The van der Waals surface area contributed by atoms with Crippen molar-refractivity contribution in [1.29, 1.82) is 0 Å². The van der Waals surface area contributed by atoms with Gasteiger partial charge in [0.2, 0.25) is 0 Å². The fourth-order valence-electron chi connectivity index (χ4n) is 4.13. The molecular weight excluding hydrogens is 415 g/mol. The van der Waals surface area contributed by atoms with Crippen LogP contribution in [0.25, 0.3) is 45.8 Å². The van der Waals surface area contributed by atoms with Gasteiger partial charge in [0.05, 0.1) is 17.1 Å². The van der Waals surface area contributed by atoms with Crippen LogP contribution in [0.4, 0.5) is 4.39 Å². The summed E-state index contributed by atoms with van der Waals surface area (Å²) in [6.07, 6.45) is 12.2. The number of hydrogen-bond acceptors (Lipinski definition) is 4. The first-order chi connectivity index (χ1) is 16.1. The number of fused-ring (bicyclic) bond motifs is 2. The molecule has 1 unspecified atom stereocenters. The third-order valence-corrected chi connectivity index (χ3v) is 5.99. The van der Waals surface area contributed by atoms with Crippen LogP contribution in [-0.2, 0) is 0 Å². The number of nitrogens with one attached hydrogen (secondary N) is 2. The largest absolute Gasteiger partial charge is 0.335 e. The second-order valence-electron chi connectivity index (χ2n) is 8.04. The molecule has 2 N–H and O–H groups in total. The van der Waals surface area contributed by atoms with Gasteiger partial charge in [-0.25, -0.2) is 9.37 Å². The van der Waals surface area contributed by atoms with Gasteiger partial charge >= 0.3 is 0 Å². The molecular formula is C26H23FN6. The Kier molecular flexibility index (Phi) is 5.30. The van der Waals surface area contributed by atoms with E-state index in [1.165, 1.54) is 6.07 Å². The fraction of sp³-hybridized carbons (Fsp3) is 0.154. The maximum absolute atomic E-state index is 14.5. The van der Waals surface area contributed by atoms with Gasteiger partial charge in [-0.3, -0.25) is 15.1 Å². The third kappa shape index (κ3) is 3.71. The minimum absolute atomic E-state index is 0.148. The van der Waals surface area contributed by atoms with Crippen LogP contribution in [-0.4, -0.2) is 38.4 Å². The average molecular weight is 439 g/mol. The number of benzene rings is 1. The normalized spacial score (nSPS) is 16.0. The first kappa shape index (κ1) is 20.8. The Bertz CT molecular complexity index is 1550. The molecule has 5 rings (SSSR count). The van der Waals surface area contributed by atoms with Crippen molar-refractivity contribution in [3.05, 3.63) is 76.8 Å². The van der Waals surface area contributed by atoms with Gasteiger partial charge in [-0.2, -0.15) is 5.10 Å². The van der Waals surface area contributed by atoms with Crippen LogP contribution in [0, 0.1) is 11.7 Å². The smallest absolute Gasteiger partial charge is 0.159 e. The summed E-state index contributed by atoms with van der Waals surface area (Å²) in [7, 11) is 1.75. The summed E-state index contributed by atoms with van der Waals surface area (Å²) in [6.45, 7) is 6.34. The summed E-state index contributed by atoms with van der Waals surface area (Å²) in [6, 6.07) is 6.64. The van der Waals surface area contributed by atoms with Gasteiger partial charge in [-0.05, 0) is 36.6 Å². The zero-order valence-electron chi connectivity index (χ0n) is 18.4. The van der Waals surface area contributed by atoms with Gasteiger partial charge < -0.3 is 4.98 Å². The summed E-state index contributed by atoms with van der Waals surface area (Å²) >= 11 is 0. The first-order valence-electron chi connectivity index (χ1n) is 10.7. The van der Waals surface area contributed by atoms with E-state index in [4.69, 9.17) is 4.98 Å². The number of aromatic amines is 2. The van der Waals surface area contributed by atoms with E-state index in [0.717, 1.165) is 33.7 Å². The number of halogens is 1. The number of H-pyrrole nitrogens is 2. The molecule has 0 fully saturated rings. The Hall–Kier alpha value is -4.13. The first-order valence-corrected chi connectivity index (χ1v) is 10.7. The molecule has 4 aromatic rings. The second kappa shape index (κ2) is 8.43. The molecule has 3 aromatic heterocycles. The zero-order valence-corrected chi connectivity index (χ0v) is 18.4. The van der Waals surface area contributed by atoms with Crippen LogP contribution in [0.5, 0.6) is 0 Å². The SMILES string of the molecule is C=C(/C(C)=C\C=NC)C1C=c2c(-c3nc4c(-c5ccccc5F)cncc4[nH]3)n[nH]c2=CC1. The molecule has 1 aliphatic carbocycles. The highest BCUT2D eigenvalue weighted by atomic mass is 19.1. The fourth-order valence-corrected chi connectivity index (χ4v) is 4.13. The Morgan fingerprint density at radius 2 is 2.09 bits per heavy atom. The van der Waals surface area contributed by atoms with Gasteiger partial charge in [-0.15, -0.1) is 0 Å². The molecule has 7 heteroatoms. The quantitative estimate of drug-likeness (QED) is 0.366. The van der Waals surface area contributed by atoms with E-state index in [1.54, 1.807) is 43.9 Å². The summed E-state index contributed by atoms with van der Waals surface area (Å²) in [5.74, 6) is 0.444. The number of imidazole rings is 1. The van der Waals surface area contributed by atoms with Crippen molar-refractivity contribution in [3.63, 3.8) is 0 Å². The van der Waals surface area contributed by atoms with Crippen LogP contribution in [0.1, 0.15) is 13.3 Å². The number of nitrogens with zero attached hydrogens (tertiary/aromatic N) is 4. The van der Waals surface area contributed by atoms with Gasteiger partial charge in [0.15, 0.2) is 5.82 Å². The van der Waals surface area contributed by atoms with Gasteiger partial charge in [0, 0.05) is 41.7 Å². The molecule has 0 radical (unpaired) electrons. The van der Waals surface area contributed by atoms with Crippen molar-refractivity contribution in [3.8, 4) is 22.6 Å². The van der Waals surface area contributed by atoms with Crippen molar-refractivity contribution >= 4 is 29.4 Å². The molecule has 6 nitrogen and oxygen atoms in total. The highest BCUT2D eigenvalue weighted by Gasteiger charge is 2.19. The van der Waals surface area contributed by atoms with Crippen LogP contribution < -0.4 is 10.6 Å². The maximum Gasteiger partial charge on any atom is 0.159 e. The number of pyridine rings is 1. The number of aromatic nitrogens is 5. The second-order valence-corrected chi connectivity index (χ2v) is 8.04. The van der Waals surface area contributed by atoms with Crippen LogP contribution in [0.3, 0.4) is 0 Å². The number of hydrogen-bond donors (Lipinski definition) is 2. The molecule has 0 amide bonds. The number of aliphatic imine (C=N–C) groups is 1. The van der Waals surface area contributed by atoms with Gasteiger partial charge in [0.1, 0.15) is 17.0 Å². The lowest BCUT2D eigenvalue weighted by Gasteiger charge is -2.16.